The van der Waals surface area contributed by atoms with Crippen molar-refractivity contribution >= 4 is 18.3 Å². The SMILES string of the molecule is Cl.O=C(CN1CCC2(CCc3cc(F)ccc3O2)CC1)NO. The maximum Gasteiger partial charge on any atom is 0.257 e. The van der Waals surface area contributed by atoms with Crippen LogP contribution in [0.4, 0.5) is 4.39 Å². The number of halogens is 2. The molecule has 2 heterocycles. The molecule has 1 saturated heterocycles. The van der Waals surface area contributed by atoms with Crippen molar-refractivity contribution in [1.29, 1.82) is 0 Å². The lowest BCUT2D eigenvalue weighted by Gasteiger charge is -2.44. The summed E-state index contributed by atoms with van der Waals surface area (Å²) in [6.45, 7) is 1.71. The van der Waals surface area contributed by atoms with Crippen molar-refractivity contribution in [2.45, 2.75) is 31.3 Å². The van der Waals surface area contributed by atoms with Gasteiger partial charge in [0.15, 0.2) is 0 Å². The number of nitrogens with zero attached hydrogens (tertiary/aromatic N) is 1. The maximum atomic E-state index is 13.2. The summed E-state index contributed by atoms with van der Waals surface area (Å²) >= 11 is 0. The van der Waals surface area contributed by atoms with Crippen molar-refractivity contribution in [3.05, 3.63) is 29.6 Å². The topological polar surface area (TPSA) is 61.8 Å². The van der Waals surface area contributed by atoms with Crippen molar-refractivity contribution in [2.75, 3.05) is 19.6 Å². The third-order valence-electron chi connectivity index (χ3n) is 4.46. The van der Waals surface area contributed by atoms with E-state index in [1.807, 2.05) is 4.90 Å². The molecule has 1 fully saturated rings. The van der Waals surface area contributed by atoms with Gasteiger partial charge in [0.25, 0.3) is 5.91 Å². The average molecular weight is 331 g/mol. The van der Waals surface area contributed by atoms with Crippen LogP contribution in [0.3, 0.4) is 0 Å². The van der Waals surface area contributed by atoms with Crippen molar-refractivity contribution in [1.82, 2.24) is 10.4 Å². The van der Waals surface area contributed by atoms with E-state index in [0.717, 1.165) is 50.1 Å². The zero-order chi connectivity index (χ0) is 14.9. The molecule has 122 valence electrons. The molecule has 5 nitrogen and oxygen atoms in total. The van der Waals surface area contributed by atoms with Gasteiger partial charge >= 0.3 is 0 Å². The van der Waals surface area contributed by atoms with Crippen LogP contribution in [0, 0.1) is 5.82 Å². The zero-order valence-corrected chi connectivity index (χ0v) is 13.0. The van der Waals surface area contributed by atoms with E-state index in [1.54, 1.807) is 17.6 Å². The number of nitrogens with one attached hydrogen (secondary N) is 1. The van der Waals surface area contributed by atoms with Crippen LogP contribution in [-0.2, 0) is 11.2 Å². The summed E-state index contributed by atoms with van der Waals surface area (Å²) in [5.74, 6) is 0.165. The van der Waals surface area contributed by atoms with Gasteiger partial charge in [0.2, 0.25) is 0 Å². The highest BCUT2D eigenvalue weighted by Gasteiger charge is 2.39. The van der Waals surface area contributed by atoms with E-state index in [2.05, 4.69) is 0 Å². The minimum Gasteiger partial charge on any atom is -0.487 e. The fourth-order valence-corrected chi connectivity index (χ4v) is 3.20. The Labute approximate surface area is 134 Å². The van der Waals surface area contributed by atoms with Gasteiger partial charge in [-0.1, -0.05) is 0 Å². The molecule has 0 saturated carbocycles. The number of amides is 1. The third kappa shape index (κ3) is 3.51. The van der Waals surface area contributed by atoms with Crippen LogP contribution in [0.15, 0.2) is 18.2 Å². The molecule has 0 bridgehead atoms. The highest BCUT2D eigenvalue weighted by molar-refractivity contribution is 5.85. The minimum absolute atomic E-state index is 0. The van der Waals surface area contributed by atoms with E-state index in [0.29, 0.717) is 0 Å². The number of carbonyl (C=O) groups excluding carboxylic acids is 1. The average Bonchev–Trinajstić information content (AvgIpc) is 2.50. The Morgan fingerprint density at radius 3 is 2.77 bits per heavy atom. The van der Waals surface area contributed by atoms with Crippen LogP contribution in [0.1, 0.15) is 24.8 Å². The molecule has 1 spiro atoms. The largest absolute Gasteiger partial charge is 0.487 e. The normalized spacial score (nSPS) is 19.7. The number of hydroxylamine groups is 1. The molecule has 0 aromatic heterocycles. The second-order valence-corrected chi connectivity index (χ2v) is 5.85. The molecule has 0 aliphatic carbocycles. The lowest BCUT2D eigenvalue weighted by molar-refractivity contribution is -0.131. The number of fused-ring (bicyclic) bond motifs is 1. The fraction of sp³-hybridized carbons (Fsp3) is 0.533. The second-order valence-electron chi connectivity index (χ2n) is 5.85. The molecule has 2 N–H and O–H groups in total. The van der Waals surface area contributed by atoms with Gasteiger partial charge in [0.1, 0.15) is 17.2 Å². The van der Waals surface area contributed by atoms with Gasteiger partial charge in [-0.25, -0.2) is 9.87 Å². The zero-order valence-electron chi connectivity index (χ0n) is 12.2. The van der Waals surface area contributed by atoms with E-state index in [1.165, 1.54) is 6.07 Å². The Morgan fingerprint density at radius 1 is 1.36 bits per heavy atom. The van der Waals surface area contributed by atoms with Gasteiger partial charge < -0.3 is 4.74 Å². The lowest BCUT2D eigenvalue weighted by atomic mass is 9.83. The van der Waals surface area contributed by atoms with E-state index >= 15 is 0 Å². The number of rotatable bonds is 2. The van der Waals surface area contributed by atoms with Crippen LogP contribution in [-0.4, -0.2) is 41.2 Å². The fourth-order valence-electron chi connectivity index (χ4n) is 3.20. The summed E-state index contributed by atoms with van der Waals surface area (Å²) < 4.78 is 19.4. The number of hydrogen-bond acceptors (Lipinski definition) is 4. The molecule has 22 heavy (non-hydrogen) atoms. The Hall–Kier alpha value is -1.37. The van der Waals surface area contributed by atoms with Crippen molar-refractivity contribution in [2.24, 2.45) is 0 Å². The summed E-state index contributed by atoms with van der Waals surface area (Å²) in [5, 5.41) is 8.56. The van der Waals surface area contributed by atoms with Crippen molar-refractivity contribution in [3.63, 3.8) is 0 Å². The molecule has 1 amide bonds. The Morgan fingerprint density at radius 2 is 2.09 bits per heavy atom. The number of ether oxygens (including phenoxy) is 1. The number of hydrogen-bond donors (Lipinski definition) is 2. The first kappa shape index (κ1) is 17.0. The quantitative estimate of drug-likeness (QED) is 0.642. The first-order valence-electron chi connectivity index (χ1n) is 7.23. The minimum atomic E-state index is -0.392. The number of carbonyl (C=O) groups is 1. The molecule has 2 aliphatic heterocycles. The van der Waals surface area contributed by atoms with Gasteiger partial charge in [-0.3, -0.25) is 14.9 Å². The molecular formula is C15H20ClFN2O3. The highest BCUT2D eigenvalue weighted by atomic mass is 35.5. The predicted molar refractivity (Wildman–Crippen MR) is 80.9 cm³/mol. The van der Waals surface area contributed by atoms with Crippen LogP contribution in [0.25, 0.3) is 0 Å². The van der Waals surface area contributed by atoms with Crippen molar-refractivity contribution < 1.29 is 19.1 Å². The summed E-state index contributed by atoms with van der Waals surface area (Å²) in [7, 11) is 0. The summed E-state index contributed by atoms with van der Waals surface area (Å²) in [6, 6.07) is 4.68. The molecule has 2 aliphatic rings. The molecular weight excluding hydrogens is 311 g/mol. The molecule has 3 rings (SSSR count). The lowest BCUT2D eigenvalue weighted by Crippen LogP contribution is -2.51. The molecule has 0 radical (unpaired) electrons. The molecule has 1 aromatic rings. The van der Waals surface area contributed by atoms with Gasteiger partial charge in [0, 0.05) is 13.1 Å². The smallest absolute Gasteiger partial charge is 0.257 e. The number of aryl methyl sites for hydroxylation is 1. The van der Waals surface area contributed by atoms with Gasteiger partial charge in [-0.2, -0.15) is 0 Å². The van der Waals surface area contributed by atoms with E-state index in [-0.39, 0.29) is 30.4 Å². The van der Waals surface area contributed by atoms with Gasteiger partial charge in [-0.15, -0.1) is 12.4 Å². The van der Waals surface area contributed by atoms with Crippen molar-refractivity contribution in [3.8, 4) is 5.75 Å². The summed E-state index contributed by atoms with van der Waals surface area (Å²) in [4.78, 5) is 13.2. The Kier molecular flexibility index (Phi) is 5.26. The molecule has 1 aromatic carbocycles. The van der Waals surface area contributed by atoms with E-state index in [4.69, 9.17) is 9.94 Å². The molecule has 0 atom stereocenters. The summed E-state index contributed by atoms with van der Waals surface area (Å²) in [6.07, 6.45) is 3.37. The van der Waals surface area contributed by atoms with Gasteiger partial charge in [0.05, 0.1) is 6.54 Å². The number of benzene rings is 1. The Bertz CT molecular complexity index is 548. The first-order chi connectivity index (χ1) is 10.1. The van der Waals surface area contributed by atoms with Gasteiger partial charge in [-0.05, 0) is 49.4 Å². The standard InChI is InChI=1S/C15H19FN2O3.ClH/c16-12-1-2-13-11(9-12)3-4-15(21-13)5-7-18(8-6-15)10-14(19)17-20;/h1-2,9,20H,3-8,10H2,(H,17,19);1H. The monoisotopic (exact) mass is 330 g/mol. The van der Waals surface area contributed by atoms with Crippen LogP contribution < -0.4 is 10.2 Å². The first-order valence-corrected chi connectivity index (χ1v) is 7.23. The number of likely N-dealkylation sites (tertiary alicyclic amines) is 1. The van der Waals surface area contributed by atoms with Crippen LogP contribution in [0.5, 0.6) is 5.75 Å². The Balaban J connectivity index is 0.00000176. The molecule has 7 heteroatoms. The third-order valence-corrected chi connectivity index (χ3v) is 4.46. The second kappa shape index (κ2) is 6.81. The highest BCUT2D eigenvalue weighted by Crippen LogP contribution is 2.39. The maximum absolute atomic E-state index is 13.2. The van der Waals surface area contributed by atoms with Crippen LogP contribution in [0.2, 0.25) is 0 Å². The summed E-state index contributed by atoms with van der Waals surface area (Å²) in [5.41, 5.74) is 2.39. The van der Waals surface area contributed by atoms with E-state index in [9.17, 15) is 9.18 Å². The number of piperidine rings is 1. The molecule has 0 unspecified atom stereocenters. The van der Waals surface area contributed by atoms with E-state index < -0.39 is 5.91 Å². The predicted octanol–water partition coefficient (Wildman–Crippen LogP) is 1.91. The van der Waals surface area contributed by atoms with Crippen LogP contribution >= 0.6 is 12.4 Å².